The van der Waals surface area contributed by atoms with E-state index in [1.807, 2.05) is 0 Å². The Bertz CT molecular complexity index is 657. The van der Waals surface area contributed by atoms with Crippen LogP contribution in [-0.4, -0.2) is 0 Å². The molecule has 0 aliphatic carbocycles. The quantitative estimate of drug-likeness (QED) is 0.887. The van der Waals surface area contributed by atoms with Crippen molar-refractivity contribution in [2.24, 2.45) is 0 Å². The summed E-state index contributed by atoms with van der Waals surface area (Å²) in [6.45, 7) is 0. The van der Waals surface area contributed by atoms with E-state index < -0.39 is 17.5 Å². The van der Waals surface area contributed by atoms with Gasteiger partial charge in [0.25, 0.3) is 0 Å². The molecule has 0 saturated carbocycles. The molecular weight excluding hydrogens is 277 g/mol. The first-order chi connectivity index (χ1) is 9.01. The molecule has 0 fully saturated rings. The Hall–Kier alpha value is -2.19. The third-order valence-corrected chi connectivity index (χ3v) is 2.66. The number of nitriles is 1. The van der Waals surface area contributed by atoms with E-state index in [1.165, 1.54) is 12.1 Å². The fraction of sp³-hybridized carbons (Fsp3) is 0. The summed E-state index contributed by atoms with van der Waals surface area (Å²) in [4.78, 5) is 0. The Kier molecular flexibility index (Phi) is 3.63. The van der Waals surface area contributed by atoms with Crippen LogP contribution in [0.5, 0.6) is 0 Å². The lowest BCUT2D eigenvalue weighted by atomic mass is 10.2. The molecule has 0 aromatic heterocycles. The summed E-state index contributed by atoms with van der Waals surface area (Å²) >= 11 is 5.69. The standard InChI is InChI=1S/C13H6ClF3N2/c14-10-3-8(15)4-12(17)13(10)19-9-2-1-7(6-18)11(16)5-9/h1-5,19H. The van der Waals surface area contributed by atoms with Crippen molar-refractivity contribution in [1.82, 2.24) is 0 Å². The maximum atomic E-state index is 13.5. The molecule has 2 nitrogen and oxygen atoms in total. The molecule has 0 bridgehead atoms. The Morgan fingerprint density at radius 3 is 2.37 bits per heavy atom. The Balaban J connectivity index is 2.37. The van der Waals surface area contributed by atoms with Crippen molar-refractivity contribution in [3.05, 3.63) is 58.4 Å². The molecule has 0 unspecified atom stereocenters. The van der Waals surface area contributed by atoms with Crippen LogP contribution in [0.2, 0.25) is 5.02 Å². The van der Waals surface area contributed by atoms with Gasteiger partial charge in [0.2, 0.25) is 0 Å². The number of anilines is 2. The van der Waals surface area contributed by atoms with Crippen molar-refractivity contribution >= 4 is 23.0 Å². The largest absolute Gasteiger partial charge is 0.352 e. The molecule has 1 N–H and O–H groups in total. The number of benzene rings is 2. The van der Waals surface area contributed by atoms with Gasteiger partial charge in [-0.3, -0.25) is 0 Å². The van der Waals surface area contributed by atoms with Gasteiger partial charge in [0.15, 0.2) is 5.82 Å². The van der Waals surface area contributed by atoms with Crippen LogP contribution in [0.25, 0.3) is 0 Å². The van der Waals surface area contributed by atoms with Crippen LogP contribution < -0.4 is 5.32 Å². The van der Waals surface area contributed by atoms with E-state index in [2.05, 4.69) is 5.32 Å². The van der Waals surface area contributed by atoms with Crippen LogP contribution in [0.1, 0.15) is 5.56 Å². The SMILES string of the molecule is N#Cc1ccc(Nc2c(F)cc(F)cc2Cl)cc1F. The van der Waals surface area contributed by atoms with Gasteiger partial charge in [-0.1, -0.05) is 11.6 Å². The third kappa shape index (κ3) is 2.80. The van der Waals surface area contributed by atoms with E-state index in [0.29, 0.717) is 6.07 Å². The van der Waals surface area contributed by atoms with E-state index >= 15 is 0 Å². The summed E-state index contributed by atoms with van der Waals surface area (Å²) in [5.74, 6) is -2.44. The second-order valence-electron chi connectivity index (χ2n) is 3.68. The molecule has 2 aromatic rings. The molecule has 0 amide bonds. The average Bonchev–Trinajstić information content (AvgIpc) is 2.34. The number of rotatable bonds is 2. The number of nitrogens with one attached hydrogen (secondary N) is 1. The smallest absolute Gasteiger partial charge is 0.151 e. The number of hydrogen-bond donors (Lipinski definition) is 1. The first-order valence-corrected chi connectivity index (χ1v) is 5.50. The first-order valence-electron chi connectivity index (χ1n) is 5.12. The van der Waals surface area contributed by atoms with Gasteiger partial charge >= 0.3 is 0 Å². The summed E-state index contributed by atoms with van der Waals surface area (Å²) in [7, 11) is 0. The molecule has 0 aliphatic rings. The lowest BCUT2D eigenvalue weighted by Gasteiger charge is -2.10. The fourth-order valence-electron chi connectivity index (χ4n) is 1.49. The second-order valence-corrected chi connectivity index (χ2v) is 4.08. The van der Waals surface area contributed by atoms with Crippen LogP contribution in [0.4, 0.5) is 24.5 Å². The van der Waals surface area contributed by atoms with E-state index in [1.54, 1.807) is 6.07 Å². The van der Waals surface area contributed by atoms with Crippen molar-refractivity contribution < 1.29 is 13.2 Å². The highest BCUT2D eigenvalue weighted by atomic mass is 35.5. The maximum Gasteiger partial charge on any atom is 0.151 e. The molecule has 2 aromatic carbocycles. The van der Waals surface area contributed by atoms with Gasteiger partial charge in [-0.15, -0.1) is 0 Å². The molecule has 19 heavy (non-hydrogen) atoms. The number of hydrogen-bond acceptors (Lipinski definition) is 2. The second kappa shape index (κ2) is 5.21. The van der Waals surface area contributed by atoms with Gasteiger partial charge in [-0.25, -0.2) is 13.2 Å². The van der Waals surface area contributed by atoms with Crippen molar-refractivity contribution in [2.75, 3.05) is 5.32 Å². The number of halogens is 4. The molecule has 2 rings (SSSR count). The zero-order chi connectivity index (χ0) is 14.0. The van der Waals surface area contributed by atoms with Crippen LogP contribution in [0.3, 0.4) is 0 Å². The van der Waals surface area contributed by atoms with Crippen molar-refractivity contribution in [1.29, 1.82) is 5.26 Å². The van der Waals surface area contributed by atoms with Gasteiger partial charge in [-0.2, -0.15) is 5.26 Å². The predicted octanol–water partition coefficient (Wildman–Crippen LogP) is 4.37. The van der Waals surface area contributed by atoms with Crippen molar-refractivity contribution in [3.63, 3.8) is 0 Å². The van der Waals surface area contributed by atoms with Crippen LogP contribution >= 0.6 is 11.6 Å². The van der Waals surface area contributed by atoms with Gasteiger partial charge < -0.3 is 5.32 Å². The highest BCUT2D eigenvalue weighted by Gasteiger charge is 2.11. The lowest BCUT2D eigenvalue weighted by molar-refractivity contribution is 0.586. The molecule has 0 saturated heterocycles. The molecule has 0 heterocycles. The Morgan fingerprint density at radius 1 is 1.05 bits per heavy atom. The Morgan fingerprint density at radius 2 is 1.79 bits per heavy atom. The molecule has 6 heteroatoms. The third-order valence-electron chi connectivity index (χ3n) is 2.37. The van der Waals surface area contributed by atoms with Crippen LogP contribution in [0, 0.1) is 28.8 Å². The molecule has 0 radical (unpaired) electrons. The Labute approximate surface area is 112 Å². The van der Waals surface area contributed by atoms with E-state index in [9.17, 15) is 13.2 Å². The lowest BCUT2D eigenvalue weighted by Crippen LogP contribution is -1.97. The molecular formula is C13H6ClF3N2. The van der Waals surface area contributed by atoms with E-state index in [-0.39, 0.29) is 22.0 Å². The minimum atomic E-state index is -0.894. The van der Waals surface area contributed by atoms with Crippen LogP contribution in [0.15, 0.2) is 30.3 Å². The first kappa shape index (κ1) is 13.2. The summed E-state index contributed by atoms with van der Waals surface area (Å²) in [5.41, 5.74) is -0.0905. The van der Waals surface area contributed by atoms with Gasteiger partial charge in [0, 0.05) is 11.8 Å². The summed E-state index contributed by atoms with van der Waals surface area (Å²) in [5, 5.41) is 11.0. The molecule has 0 aliphatic heterocycles. The van der Waals surface area contributed by atoms with Gasteiger partial charge in [0.05, 0.1) is 16.3 Å². The minimum Gasteiger partial charge on any atom is -0.352 e. The summed E-state index contributed by atoms with van der Waals surface area (Å²) in [6.07, 6.45) is 0. The van der Waals surface area contributed by atoms with Crippen molar-refractivity contribution in [2.45, 2.75) is 0 Å². The van der Waals surface area contributed by atoms with Gasteiger partial charge in [0.1, 0.15) is 17.7 Å². The topological polar surface area (TPSA) is 35.8 Å². The van der Waals surface area contributed by atoms with Gasteiger partial charge in [-0.05, 0) is 24.3 Å². The monoisotopic (exact) mass is 282 g/mol. The van der Waals surface area contributed by atoms with E-state index in [4.69, 9.17) is 16.9 Å². The highest BCUT2D eigenvalue weighted by molar-refractivity contribution is 6.33. The highest BCUT2D eigenvalue weighted by Crippen LogP contribution is 2.29. The molecule has 96 valence electrons. The fourth-order valence-corrected chi connectivity index (χ4v) is 1.73. The zero-order valence-electron chi connectivity index (χ0n) is 9.35. The number of nitrogens with zero attached hydrogens (tertiary/aromatic N) is 1. The average molecular weight is 283 g/mol. The predicted molar refractivity (Wildman–Crippen MR) is 65.8 cm³/mol. The normalized spacial score (nSPS) is 10.1. The molecule has 0 spiro atoms. The maximum absolute atomic E-state index is 13.5. The van der Waals surface area contributed by atoms with Crippen LogP contribution in [-0.2, 0) is 0 Å². The summed E-state index contributed by atoms with van der Waals surface area (Å²) in [6, 6.07) is 6.92. The summed E-state index contributed by atoms with van der Waals surface area (Å²) < 4.78 is 39.7. The van der Waals surface area contributed by atoms with E-state index in [0.717, 1.165) is 12.1 Å². The molecule has 0 atom stereocenters. The van der Waals surface area contributed by atoms with Crippen molar-refractivity contribution in [3.8, 4) is 6.07 Å². The minimum absolute atomic E-state index is 0.128. The zero-order valence-corrected chi connectivity index (χ0v) is 10.1.